The van der Waals surface area contributed by atoms with E-state index in [4.69, 9.17) is 9.72 Å². The Kier molecular flexibility index (Phi) is 5.69. The van der Waals surface area contributed by atoms with Crippen molar-refractivity contribution in [3.63, 3.8) is 0 Å². The third-order valence-electron chi connectivity index (χ3n) is 5.76. The van der Waals surface area contributed by atoms with E-state index in [2.05, 4.69) is 34.3 Å². The van der Waals surface area contributed by atoms with E-state index in [-0.39, 0.29) is 11.7 Å². The van der Waals surface area contributed by atoms with Crippen LogP contribution in [-0.4, -0.2) is 60.0 Å². The molecule has 0 unspecified atom stereocenters. The lowest BCUT2D eigenvalue weighted by molar-refractivity contribution is 0.0398. The summed E-state index contributed by atoms with van der Waals surface area (Å²) in [4.78, 5) is 24.5. The van der Waals surface area contributed by atoms with Gasteiger partial charge < -0.3 is 10.1 Å². The number of aromatic nitrogens is 2. The molecule has 1 fully saturated rings. The monoisotopic (exact) mass is 380 g/mol. The number of nitrogens with one attached hydrogen (secondary N) is 1. The number of ether oxygens (including phenoxy) is 1. The summed E-state index contributed by atoms with van der Waals surface area (Å²) in [7, 11) is 0. The number of hydrogen-bond acceptors (Lipinski definition) is 6. The van der Waals surface area contributed by atoms with Gasteiger partial charge >= 0.3 is 0 Å². The maximum absolute atomic E-state index is 12.8. The van der Waals surface area contributed by atoms with Crippen LogP contribution in [0.15, 0.2) is 24.3 Å². The van der Waals surface area contributed by atoms with Crippen LogP contribution in [-0.2, 0) is 11.2 Å². The molecule has 1 aliphatic heterocycles. The number of anilines is 1. The molecule has 1 N–H and O–H groups in total. The summed E-state index contributed by atoms with van der Waals surface area (Å²) < 4.78 is 5.39. The van der Waals surface area contributed by atoms with Crippen molar-refractivity contribution in [2.45, 2.75) is 32.6 Å². The molecule has 28 heavy (non-hydrogen) atoms. The zero-order valence-electron chi connectivity index (χ0n) is 16.7. The molecule has 0 spiro atoms. The van der Waals surface area contributed by atoms with Crippen LogP contribution in [0.1, 0.15) is 45.2 Å². The van der Waals surface area contributed by atoms with Gasteiger partial charge in [-0.3, -0.25) is 9.69 Å². The van der Waals surface area contributed by atoms with Gasteiger partial charge in [-0.05, 0) is 37.3 Å². The van der Waals surface area contributed by atoms with Gasteiger partial charge in [0.2, 0.25) is 5.95 Å². The third kappa shape index (κ3) is 4.08. The molecule has 0 amide bonds. The van der Waals surface area contributed by atoms with Crippen molar-refractivity contribution in [1.82, 2.24) is 14.9 Å². The van der Waals surface area contributed by atoms with Gasteiger partial charge in [-0.15, -0.1) is 0 Å². The van der Waals surface area contributed by atoms with E-state index in [1.807, 2.05) is 19.1 Å². The predicted molar refractivity (Wildman–Crippen MR) is 109 cm³/mol. The standard InChI is InChI=1S/C22H28N4O2/c1-15-5-3-4-6-18(15)17-13-19-21(20(27)14-17)16(2)24-22(25-19)23-7-8-26-9-11-28-12-10-26/h3-6,17H,7-14H2,1-2H3,(H,23,24,25)/t17-/m0/s1. The summed E-state index contributed by atoms with van der Waals surface area (Å²) in [6.07, 6.45) is 1.32. The summed E-state index contributed by atoms with van der Waals surface area (Å²) in [5.74, 6) is 0.978. The zero-order valence-corrected chi connectivity index (χ0v) is 16.7. The van der Waals surface area contributed by atoms with Crippen molar-refractivity contribution < 1.29 is 9.53 Å². The summed E-state index contributed by atoms with van der Waals surface area (Å²) in [6.45, 7) is 9.30. The summed E-state index contributed by atoms with van der Waals surface area (Å²) in [6, 6.07) is 8.33. The van der Waals surface area contributed by atoms with Crippen LogP contribution in [0.5, 0.6) is 0 Å². The van der Waals surface area contributed by atoms with Crippen LogP contribution in [0.4, 0.5) is 5.95 Å². The molecule has 1 aromatic carbocycles. The van der Waals surface area contributed by atoms with Crippen LogP contribution in [0.3, 0.4) is 0 Å². The van der Waals surface area contributed by atoms with Crippen molar-refractivity contribution in [3.8, 4) is 0 Å². The van der Waals surface area contributed by atoms with Gasteiger partial charge in [0.05, 0.1) is 30.2 Å². The number of rotatable bonds is 5. The number of carbonyl (C=O) groups excluding carboxylic acids is 1. The number of fused-ring (bicyclic) bond motifs is 1. The van der Waals surface area contributed by atoms with E-state index < -0.39 is 0 Å². The fourth-order valence-corrected chi connectivity index (χ4v) is 4.27. The van der Waals surface area contributed by atoms with Crippen LogP contribution >= 0.6 is 0 Å². The molecule has 0 radical (unpaired) electrons. The smallest absolute Gasteiger partial charge is 0.223 e. The van der Waals surface area contributed by atoms with E-state index in [1.54, 1.807) is 0 Å². The minimum Gasteiger partial charge on any atom is -0.379 e. The highest BCUT2D eigenvalue weighted by atomic mass is 16.5. The van der Waals surface area contributed by atoms with E-state index in [1.165, 1.54) is 11.1 Å². The Morgan fingerprint density at radius 3 is 2.71 bits per heavy atom. The number of nitrogens with zero attached hydrogens (tertiary/aromatic N) is 3. The van der Waals surface area contributed by atoms with E-state index in [9.17, 15) is 4.79 Å². The fourth-order valence-electron chi connectivity index (χ4n) is 4.27. The Morgan fingerprint density at radius 1 is 1.14 bits per heavy atom. The minimum absolute atomic E-state index is 0.159. The molecule has 2 aromatic rings. The van der Waals surface area contributed by atoms with Crippen LogP contribution in [0, 0.1) is 13.8 Å². The van der Waals surface area contributed by atoms with Crippen molar-refractivity contribution in [1.29, 1.82) is 0 Å². The van der Waals surface area contributed by atoms with Crippen molar-refractivity contribution in [2.75, 3.05) is 44.7 Å². The lowest BCUT2D eigenvalue weighted by Gasteiger charge is -2.27. The first kappa shape index (κ1) is 19.0. The third-order valence-corrected chi connectivity index (χ3v) is 5.76. The lowest BCUT2D eigenvalue weighted by Crippen LogP contribution is -2.39. The first-order chi connectivity index (χ1) is 13.6. The first-order valence-electron chi connectivity index (χ1n) is 10.1. The van der Waals surface area contributed by atoms with E-state index in [0.29, 0.717) is 12.4 Å². The molecule has 1 aromatic heterocycles. The second-order valence-corrected chi connectivity index (χ2v) is 7.72. The normalized spacial score (nSPS) is 20.1. The highest BCUT2D eigenvalue weighted by Gasteiger charge is 2.30. The van der Waals surface area contributed by atoms with Crippen molar-refractivity contribution in [3.05, 3.63) is 52.3 Å². The average Bonchev–Trinajstić information content (AvgIpc) is 2.68. The average molecular weight is 380 g/mol. The second kappa shape index (κ2) is 8.37. The molecule has 6 heteroatoms. The van der Waals surface area contributed by atoms with Gasteiger partial charge in [0.15, 0.2) is 5.78 Å². The van der Waals surface area contributed by atoms with Crippen LogP contribution < -0.4 is 5.32 Å². The molecule has 0 saturated carbocycles. The largest absolute Gasteiger partial charge is 0.379 e. The Labute approximate surface area is 166 Å². The summed E-state index contributed by atoms with van der Waals surface area (Å²) >= 11 is 0. The number of carbonyl (C=O) groups is 1. The topological polar surface area (TPSA) is 67.4 Å². The van der Waals surface area contributed by atoms with E-state index in [0.717, 1.165) is 62.8 Å². The second-order valence-electron chi connectivity index (χ2n) is 7.72. The van der Waals surface area contributed by atoms with Gasteiger partial charge in [0, 0.05) is 32.6 Å². The molecule has 4 rings (SSSR count). The van der Waals surface area contributed by atoms with Crippen molar-refractivity contribution in [2.24, 2.45) is 0 Å². The molecule has 1 saturated heterocycles. The number of morpholine rings is 1. The molecule has 0 bridgehead atoms. The van der Waals surface area contributed by atoms with Gasteiger partial charge in [-0.2, -0.15) is 0 Å². The number of aryl methyl sites for hydroxylation is 2. The molecule has 1 atom stereocenters. The van der Waals surface area contributed by atoms with Crippen LogP contribution in [0.2, 0.25) is 0 Å². The first-order valence-corrected chi connectivity index (χ1v) is 10.1. The maximum Gasteiger partial charge on any atom is 0.223 e. The van der Waals surface area contributed by atoms with Crippen LogP contribution in [0.25, 0.3) is 0 Å². The van der Waals surface area contributed by atoms with Gasteiger partial charge in [-0.25, -0.2) is 9.97 Å². The molecular formula is C22H28N4O2. The van der Waals surface area contributed by atoms with Gasteiger partial charge in [0.1, 0.15) is 0 Å². The number of hydrogen-bond donors (Lipinski definition) is 1. The highest BCUT2D eigenvalue weighted by molar-refractivity contribution is 5.99. The van der Waals surface area contributed by atoms with Gasteiger partial charge in [-0.1, -0.05) is 24.3 Å². The predicted octanol–water partition coefficient (Wildman–Crippen LogP) is 2.75. The van der Waals surface area contributed by atoms with Gasteiger partial charge in [0.25, 0.3) is 0 Å². The molecule has 1 aliphatic carbocycles. The quantitative estimate of drug-likeness (QED) is 0.860. The Bertz CT molecular complexity index is 862. The summed E-state index contributed by atoms with van der Waals surface area (Å²) in [5, 5.41) is 3.35. The zero-order chi connectivity index (χ0) is 19.5. The Hall–Kier alpha value is -2.31. The minimum atomic E-state index is 0.159. The maximum atomic E-state index is 12.8. The molecular weight excluding hydrogens is 352 g/mol. The lowest BCUT2D eigenvalue weighted by atomic mass is 9.80. The highest BCUT2D eigenvalue weighted by Crippen LogP contribution is 2.34. The number of ketones is 1. The molecule has 6 nitrogen and oxygen atoms in total. The molecule has 148 valence electrons. The SMILES string of the molecule is Cc1ccccc1[C@@H]1CC(=O)c2c(C)nc(NCCN3CCOCC3)nc2C1. The van der Waals surface area contributed by atoms with E-state index >= 15 is 0 Å². The Morgan fingerprint density at radius 2 is 1.93 bits per heavy atom. The molecule has 2 aliphatic rings. The fraction of sp³-hybridized carbons (Fsp3) is 0.500. The summed E-state index contributed by atoms with van der Waals surface area (Å²) in [5.41, 5.74) is 4.87. The number of benzene rings is 1. The number of Topliss-reactive ketones (excluding diaryl/α,β-unsaturated/α-hetero) is 1. The van der Waals surface area contributed by atoms with Crippen molar-refractivity contribution >= 4 is 11.7 Å². The Balaban J connectivity index is 1.49. The molecule has 2 heterocycles.